The van der Waals surface area contributed by atoms with Gasteiger partial charge in [-0.2, -0.15) is 0 Å². The van der Waals surface area contributed by atoms with E-state index in [1.54, 1.807) is 0 Å². The van der Waals surface area contributed by atoms with Crippen LogP contribution in [-0.4, -0.2) is 25.1 Å². The molecular formula is C24H25NO. The lowest BCUT2D eigenvalue weighted by Gasteiger charge is -2.29. The topological polar surface area (TPSA) is 12.5 Å². The number of nitrogens with zero attached hydrogens (tertiary/aromatic N) is 1. The van der Waals surface area contributed by atoms with E-state index in [9.17, 15) is 0 Å². The fourth-order valence-corrected chi connectivity index (χ4v) is 3.77. The number of hydrogen-bond donors (Lipinski definition) is 0. The van der Waals surface area contributed by atoms with Crippen LogP contribution in [-0.2, 0) is 17.7 Å². The Bertz CT molecular complexity index is 859. The minimum atomic E-state index is 0.169. The fraction of sp³-hybridized carbons (Fsp3) is 0.250. The zero-order chi connectivity index (χ0) is 17.8. The molecule has 0 saturated heterocycles. The van der Waals surface area contributed by atoms with Gasteiger partial charge in [0.15, 0.2) is 0 Å². The molecule has 0 aliphatic carbocycles. The SMILES string of the molecule is CN(Cc1cccc(-c2ccccc2)c1)CC1OCCc2ccccc21. The summed E-state index contributed by atoms with van der Waals surface area (Å²) in [7, 11) is 2.18. The molecule has 1 atom stereocenters. The summed E-state index contributed by atoms with van der Waals surface area (Å²) in [5.41, 5.74) is 6.65. The number of hydrogen-bond acceptors (Lipinski definition) is 2. The number of fused-ring (bicyclic) bond motifs is 1. The third-order valence-corrected chi connectivity index (χ3v) is 5.06. The van der Waals surface area contributed by atoms with Crippen LogP contribution in [0.1, 0.15) is 22.8 Å². The first kappa shape index (κ1) is 17.0. The van der Waals surface area contributed by atoms with E-state index in [0.717, 1.165) is 26.1 Å². The Balaban J connectivity index is 1.45. The van der Waals surface area contributed by atoms with Crippen LogP contribution in [0.4, 0.5) is 0 Å². The first-order valence-corrected chi connectivity index (χ1v) is 9.32. The molecule has 26 heavy (non-hydrogen) atoms. The van der Waals surface area contributed by atoms with Gasteiger partial charge in [0.05, 0.1) is 12.7 Å². The average Bonchev–Trinajstić information content (AvgIpc) is 2.69. The minimum Gasteiger partial charge on any atom is -0.372 e. The standard InChI is InChI=1S/C24H25NO/c1-25(18-24-23-13-6-5-11-21(23)14-15-26-24)17-19-8-7-12-22(16-19)20-9-3-2-4-10-20/h2-13,16,24H,14-15,17-18H2,1H3. The van der Waals surface area contributed by atoms with Crippen molar-refractivity contribution in [3.63, 3.8) is 0 Å². The smallest absolute Gasteiger partial charge is 0.0954 e. The molecule has 3 aromatic rings. The summed E-state index contributed by atoms with van der Waals surface area (Å²) < 4.78 is 6.06. The molecule has 1 aliphatic rings. The molecule has 0 spiro atoms. The van der Waals surface area contributed by atoms with Crippen molar-refractivity contribution < 1.29 is 4.74 Å². The van der Waals surface area contributed by atoms with E-state index in [-0.39, 0.29) is 6.10 Å². The zero-order valence-corrected chi connectivity index (χ0v) is 15.3. The molecule has 2 heteroatoms. The number of likely N-dealkylation sites (N-methyl/N-ethyl adjacent to an activating group) is 1. The highest BCUT2D eigenvalue weighted by Crippen LogP contribution is 2.28. The number of rotatable bonds is 5. The third-order valence-electron chi connectivity index (χ3n) is 5.06. The number of ether oxygens (including phenoxy) is 1. The van der Waals surface area contributed by atoms with E-state index in [0.29, 0.717) is 0 Å². The Hall–Kier alpha value is -2.42. The molecule has 2 nitrogen and oxygen atoms in total. The van der Waals surface area contributed by atoms with Gasteiger partial charge in [-0.25, -0.2) is 0 Å². The van der Waals surface area contributed by atoms with Gasteiger partial charge in [0.25, 0.3) is 0 Å². The summed E-state index contributed by atoms with van der Waals surface area (Å²) in [5.74, 6) is 0. The Kier molecular flexibility index (Phi) is 5.14. The molecule has 0 saturated carbocycles. The van der Waals surface area contributed by atoms with E-state index in [1.807, 2.05) is 0 Å². The first-order valence-electron chi connectivity index (χ1n) is 9.32. The Morgan fingerprint density at radius 3 is 2.54 bits per heavy atom. The molecule has 0 amide bonds. The molecular weight excluding hydrogens is 318 g/mol. The molecule has 132 valence electrons. The lowest BCUT2D eigenvalue weighted by atomic mass is 9.97. The Labute approximate surface area is 156 Å². The minimum absolute atomic E-state index is 0.169. The van der Waals surface area contributed by atoms with E-state index < -0.39 is 0 Å². The monoisotopic (exact) mass is 343 g/mol. The van der Waals surface area contributed by atoms with Crippen LogP contribution >= 0.6 is 0 Å². The molecule has 1 aliphatic heterocycles. The second kappa shape index (κ2) is 7.86. The van der Waals surface area contributed by atoms with Crippen molar-refractivity contribution in [1.29, 1.82) is 0 Å². The largest absolute Gasteiger partial charge is 0.372 e. The summed E-state index contributed by atoms with van der Waals surface area (Å²) in [6.45, 7) is 2.65. The van der Waals surface area contributed by atoms with Gasteiger partial charge in [0.1, 0.15) is 0 Å². The molecule has 0 bridgehead atoms. The van der Waals surface area contributed by atoms with Gasteiger partial charge < -0.3 is 4.74 Å². The zero-order valence-electron chi connectivity index (χ0n) is 15.3. The van der Waals surface area contributed by atoms with Gasteiger partial charge in [0.2, 0.25) is 0 Å². The van der Waals surface area contributed by atoms with E-state index in [1.165, 1.54) is 27.8 Å². The first-order chi connectivity index (χ1) is 12.8. The summed E-state index contributed by atoms with van der Waals surface area (Å²) in [5, 5.41) is 0. The van der Waals surface area contributed by atoms with E-state index in [4.69, 9.17) is 4.74 Å². The molecule has 0 radical (unpaired) electrons. The predicted molar refractivity (Wildman–Crippen MR) is 107 cm³/mol. The van der Waals surface area contributed by atoms with Gasteiger partial charge in [-0.1, -0.05) is 72.8 Å². The van der Waals surface area contributed by atoms with E-state index >= 15 is 0 Å². The van der Waals surface area contributed by atoms with Crippen LogP contribution < -0.4 is 0 Å². The van der Waals surface area contributed by atoms with Crippen molar-refractivity contribution in [3.05, 3.63) is 95.6 Å². The van der Waals surface area contributed by atoms with Crippen LogP contribution in [0, 0.1) is 0 Å². The van der Waals surface area contributed by atoms with Gasteiger partial charge in [-0.3, -0.25) is 4.90 Å². The molecule has 0 aromatic heterocycles. The Morgan fingerprint density at radius 1 is 0.885 bits per heavy atom. The van der Waals surface area contributed by atoms with Crippen LogP contribution in [0.25, 0.3) is 11.1 Å². The van der Waals surface area contributed by atoms with Gasteiger partial charge in [0, 0.05) is 13.1 Å². The fourth-order valence-electron chi connectivity index (χ4n) is 3.77. The maximum absolute atomic E-state index is 6.06. The Morgan fingerprint density at radius 2 is 1.65 bits per heavy atom. The molecule has 1 unspecified atom stereocenters. The predicted octanol–water partition coefficient (Wildman–Crippen LogP) is 5.10. The van der Waals surface area contributed by atoms with Crippen molar-refractivity contribution in [2.24, 2.45) is 0 Å². The molecule has 0 fully saturated rings. The summed E-state index contributed by atoms with van der Waals surface area (Å²) in [6.07, 6.45) is 1.19. The highest BCUT2D eigenvalue weighted by molar-refractivity contribution is 5.63. The summed E-state index contributed by atoms with van der Waals surface area (Å²) in [4.78, 5) is 2.36. The van der Waals surface area contributed by atoms with Crippen molar-refractivity contribution in [3.8, 4) is 11.1 Å². The summed E-state index contributed by atoms with van der Waals surface area (Å²) >= 11 is 0. The van der Waals surface area contributed by atoms with Crippen LogP contribution in [0.15, 0.2) is 78.9 Å². The number of benzene rings is 3. The lowest BCUT2D eigenvalue weighted by Crippen LogP contribution is -2.29. The molecule has 1 heterocycles. The molecule has 0 N–H and O–H groups in total. The summed E-state index contributed by atoms with van der Waals surface area (Å²) in [6, 6.07) is 28.1. The average molecular weight is 343 g/mol. The molecule has 3 aromatic carbocycles. The quantitative estimate of drug-likeness (QED) is 0.639. The van der Waals surface area contributed by atoms with Crippen molar-refractivity contribution >= 4 is 0 Å². The second-order valence-electron chi connectivity index (χ2n) is 7.07. The van der Waals surface area contributed by atoms with Crippen molar-refractivity contribution in [1.82, 2.24) is 4.90 Å². The van der Waals surface area contributed by atoms with Crippen LogP contribution in [0.2, 0.25) is 0 Å². The normalized spacial score (nSPS) is 16.5. The second-order valence-corrected chi connectivity index (χ2v) is 7.07. The van der Waals surface area contributed by atoms with Crippen molar-refractivity contribution in [2.75, 3.05) is 20.2 Å². The maximum atomic E-state index is 6.06. The third kappa shape index (κ3) is 3.87. The molecule has 4 rings (SSSR count). The highest BCUT2D eigenvalue weighted by Gasteiger charge is 2.21. The van der Waals surface area contributed by atoms with Gasteiger partial charge >= 0.3 is 0 Å². The van der Waals surface area contributed by atoms with E-state index in [2.05, 4.69) is 90.8 Å². The van der Waals surface area contributed by atoms with Gasteiger partial charge in [-0.15, -0.1) is 0 Å². The van der Waals surface area contributed by atoms with Gasteiger partial charge in [-0.05, 0) is 47.4 Å². The van der Waals surface area contributed by atoms with Crippen molar-refractivity contribution in [2.45, 2.75) is 19.1 Å². The maximum Gasteiger partial charge on any atom is 0.0954 e. The van der Waals surface area contributed by atoms with Crippen LogP contribution in [0.3, 0.4) is 0 Å². The lowest BCUT2D eigenvalue weighted by molar-refractivity contribution is 0.0197. The van der Waals surface area contributed by atoms with Crippen LogP contribution in [0.5, 0.6) is 0 Å². The highest BCUT2D eigenvalue weighted by atomic mass is 16.5.